The summed E-state index contributed by atoms with van der Waals surface area (Å²) < 4.78 is 13.4. The zero-order chi connectivity index (χ0) is 12.6. The SMILES string of the molecule is O[C@@]12C[C@@H]([C@H]3CO[C@H]1O3)n1c(nc3ccccc31)N2. The summed E-state index contributed by atoms with van der Waals surface area (Å²) in [5.74, 6) is 0.698. The third kappa shape index (κ3) is 1.14. The largest absolute Gasteiger partial charge is 0.366 e. The van der Waals surface area contributed by atoms with E-state index in [2.05, 4.69) is 14.9 Å². The third-order valence-electron chi connectivity index (χ3n) is 4.31. The van der Waals surface area contributed by atoms with Gasteiger partial charge in [0, 0.05) is 6.42 Å². The molecule has 3 aliphatic rings. The number of aromatic nitrogens is 2. The fourth-order valence-corrected chi connectivity index (χ4v) is 3.45. The van der Waals surface area contributed by atoms with Crippen LogP contribution in [0, 0.1) is 0 Å². The van der Waals surface area contributed by atoms with Crippen LogP contribution >= 0.6 is 0 Å². The number of nitrogens with zero attached hydrogens (tertiary/aromatic N) is 2. The summed E-state index contributed by atoms with van der Waals surface area (Å²) in [6, 6.07) is 8.04. The third-order valence-corrected chi connectivity index (χ3v) is 4.31. The number of benzene rings is 1. The molecular weight excluding hydrogens is 246 g/mol. The molecule has 98 valence electrons. The number of fused-ring (bicyclic) bond motifs is 10. The van der Waals surface area contributed by atoms with Gasteiger partial charge in [0.2, 0.25) is 12.2 Å². The second-order valence-electron chi connectivity index (χ2n) is 5.45. The maximum Gasteiger partial charge on any atom is 0.206 e. The molecule has 0 unspecified atom stereocenters. The second kappa shape index (κ2) is 3.09. The lowest BCUT2D eigenvalue weighted by Gasteiger charge is -2.45. The van der Waals surface area contributed by atoms with E-state index in [9.17, 15) is 5.11 Å². The molecule has 0 amide bonds. The van der Waals surface area contributed by atoms with Crippen molar-refractivity contribution in [1.82, 2.24) is 9.55 Å². The van der Waals surface area contributed by atoms with Crippen LogP contribution < -0.4 is 5.32 Å². The summed E-state index contributed by atoms with van der Waals surface area (Å²) in [7, 11) is 0. The lowest BCUT2D eigenvalue weighted by Crippen LogP contribution is -2.58. The van der Waals surface area contributed by atoms with E-state index in [1.807, 2.05) is 24.3 Å². The summed E-state index contributed by atoms with van der Waals surface area (Å²) in [6.45, 7) is 0.519. The average Bonchev–Trinajstić information content (AvgIpc) is 2.99. The van der Waals surface area contributed by atoms with Crippen LogP contribution in [0.1, 0.15) is 12.5 Å². The number of hydrogen-bond acceptors (Lipinski definition) is 5. The van der Waals surface area contributed by atoms with Gasteiger partial charge in [0.05, 0.1) is 23.7 Å². The number of hydrogen-bond donors (Lipinski definition) is 2. The lowest BCUT2D eigenvalue weighted by molar-refractivity contribution is -0.214. The van der Waals surface area contributed by atoms with E-state index in [0.29, 0.717) is 19.0 Å². The van der Waals surface area contributed by atoms with Crippen molar-refractivity contribution >= 4 is 17.0 Å². The molecule has 2 N–H and O–H groups in total. The molecule has 2 fully saturated rings. The Hall–Kier alpha value is -1.63. The predicted molar refractivity (Wildman–Crippen MR) is 66.6 cm³/mol. The molecule has 6 nitrogen and oxygen atoms in total. The maximum atomic E-state index is 10.6. The number of rotatable bonds is 0. The zero-order valence-electron chi connectivity index (χ0n) is 10.1. The number of para-hydroxylation sites is 2. The van der Waals surface area contributed by atoms with Crippen molar-refractivity contribution in [2.45, 2.75) is 30.6 Å². The zero-order valence-corrected chi connectivity index (χ0v) is 10.1. The minimum Gasteiger partial charge on any atom is -0.366 e. The molecule has 1 aromatic heterocycles. The van der Waals surface area contributed by atoms with Crippen molar-refractivity contribution in [2.24, 2.45) is 0 Å². The number of aliphatic hydroxyl groups is 1. The molecule has 2 aromatic rings. The van der Waals surface area contributed by atoms with Gasteiger partial charge in [0.15, 0.2) is 5.72 Å². The van der Waals surface area contributed by atoms with Gasteiger partial charge in [-0.15, -0.1) is 0 Å². The van der Waals surface area contributed by atoms with Gasteiger partial charge in [-0.25, -0.2) is 4.98 Å². The molecular formula is C13H13N3O3. The van der Waals surface area contributed by atoms with Crippen LogP contribution in [-0.4, -0.2) is 39.4 Å². The van der Waals surface area contributed by atoms with E-state index in [-0.39, 0.29) is 12.1 Å². The molecule has 3 aliphatic heterocycles. The Morgan fingerprint density at radius 2 is 2.32 bits per heavy atom. The van der Waals surface area contributed by atoms with E-state index in [1.54, 1.807) is 0 Å². The fourth-order valence-electron chi connectivity index (χ4n) is 3.45. The Balaban J connectivity index is 1.79. The van der Waals surface area contributed by atoms with Gasteiger partial charge in [0.25, 0.3) is 0 Å². The van der Waals surface area contributed by atoms with Crippen molar-refractivity contribution in [3.8, 4) is 0 Å². The smallest absolute Gasteiger partial charge is 0.206 e. The standard InChI is InChI=1S/C13H13N3O3/c17-13-5-9(10-6-18-11(13)19-10)16-8-4-2-1-3-7(8)14-12(16)15-13/h1-4,9-11,17H,5-6H2,(H,14,15)/t9-,10+,11-,13-/m0/s1. The van der Waals surface area contributed by atoms with Crippen LogP contribution in [0.2, 0.25) is 0 Å². The van der Waals surface area contributed by atoms with Crippen LogP contribution in [0.15, 0.2) is 24.3 Å². The molecule has 2 saturated heterocycles. The molecule has 0 spiro atoms. The Labute approximate surface area is 108 Å². The Kier molecular flexibility index (Phi) is 1.66. The Bertz CT molecular complexity index is 685. The predicted octanol–water partition coefficient (Wildman–Crippen LogP) is 0.837. The molecule has 0 radical (unpaired) electrons. The summed E-state index contributed by atoms with van der Waals surface area (Å²) >= 11 is 0. The van der Waals surface area contributed by atoms with Gasteiger partial charge in [0.1, 0.15) is 6.10 Å². The highest BCUT2D eigenvalue weighted by atomic mass is 16.7. The van der Waals surface area contributed by atoms with Crippen molar-refractivity contribution in [3.05, 3.63) is 24.3 Å². The Morgan fingerprint density at radius 1 is 1.42 bits per heavy atom. The van der Waals surface area contributed by atoms with E-state index in [0.717, 1.165) is 11.0 Å². The molecule has 0 saturated carbocycles. The topological polar surface area (TPSA) is 68.5 Å². The molecule has 0 aliphatic carbocycles. The van der Waals surface area contributed by atoms with E-state index in [1.165, 1.54) is 0 Å². The van der Waals surface area contributed by atoms with Crippen LogP contribution in [0.5, 0.6) is 0 Å². The molecule has 4 atom stereocenters. The summed E-state index contributed by atoms with van der Waals surface area (Å²) in [5.41, 5.74) is 0.818. The minimum absolute atomic E-state index is 0.0104. The van der Waals surface area contributed by atoms with Gasteiger partial charge in [-0.3, -0.25) is 0 Å². The first-order chi connectivity index (χ1) is 9.24. The molecule has 1 aromatic carbocycles. The highest BCUT2D eigenvalue weighted by Gasteiger charge is 2.57. The normalized spacial score (nSPS) is 39.1. The first kappa shape index (κ1) is 10.2. The molecule has 19 heavy (non-hydrogen) atoms. The van der Waals surface area contributed by atoms with E-state index in [4.69, 9.17) is 9.47 Å². The summed E-state index contributed by atoms with van der Waals surface area (Å²) in [5, 5.41) is 13.7. The minimum atomic E-state index is -1.17. The van der Waals surface area contributed by atoms with Crippen LogP contribution in [-0.2, 0) is 9.47 Å². The maximum absolute atomic E-state index is 10.6. The molecule has 4 bridgehead atoms. The van der Waals surface area contributed by atoms with Gasteiger partial charge in [-0.05, 0) is 12.1 Å². The molecule has 4 heterocycles. The van der Waals surface area contributed by atoms with Crippen LogP contribution in [0.3, 0.4) is 0 Å². The van der Waals surface area contributed by atoms with E-state index >= 15 is 0 Å². The van der Waals surface area contributed by atoms with Crippen molar-refractivity contribution in [3.63, 3.8) is 0 Å². The van der Waals surface area contributed by atoms with Crippen molar-refractivity contribution in [2.75, 3.05) is 11.9 Å². The highest BCUT2D eigenvalue weighted by molar-refractivity contribution is 5.79. The van der Waals surface area contributed by atoms with Crippen molar-refractivity contribution < 1.29 is 14.6 Å². The lowest BCUT2D eigenvalue weighted by atomic mass is 9.94. The quantitative estimate of drug-likeness (QED) is 0.733. The van der Waals surface area contributed by atoms with Gasteiger partial charge in [-0.2, -0.15) is 0 Å². The Morgan fingerprint density at radius 3 is 3.26 bits per heavy atom. The molecule has 5 rings (SSSR count). The highest BCUT2D eigenvalue weighted by Crippen LogP contribution is 2.47. The van der Waals surface area contributed by atoms with Crippen molar-refractivity contribution in [1.29, 1.82) is 0 Å². The summed E-state index contributed by atoms with van der Waals surface area (Å²) in [4.78, 5) is 4.56. The fraction of sp³-hybridized carbons (Fsp3) is 0.462. The first-order valence-electron chi connectivity index (χ1n) is 6.49. The number of imidazole rings is 1. The number of anilines is 1. The molecule has 6 heteroatoms. The average molecular weight is 259 g/mol. The van der Waals surface area contributed by atoms with Gasteiger partial charge in [-0.1, -0.05) is 12.1 Å². The van der Waals surface area contributed by atoms with Gasteiger partial charge >= 0.3 is 0 Å². The van der Waals surface area contributed by atoms with Crippen LogP contribution in [0.4, 0.5) is 5.95 Å². The second-order valence-corrected chi connectivity index (χ2v) is 5.45. The van der Waals surface area contributed by atoms with Crippen LogP contribution in [0.25, 0.3) is 11.0 Å². The first-order valence-corrected chi connectivity index (χ1v) is 6.49. The summed E-state index contributed by atoms with van der Waals surface area (Å²) in [6.07, 6.45) is -0.0265. The van der Waals surface area contributed by atoms with E-state index < -0.39 is 12.0 Å². The number of nitrogens with one attached hydrogen (secondary N) is 1. The monoisotopic (exact) mass is 259 g/mol. The van der Waals surface area contributed by atoms with Gasteiger partial charge < -0.3 is 24.5 Å². The number of ether oxygens (including phenoxy) is 2.